The van der Waals surface area contributed by atoms with Crippen LogP contribution in [0.25, 0.3) is 77.1 Å². The minimum absolute atomic E-state index is 0.893. The molecule has 0 unspecified atom stereocenters. The number of aromatic nitrogens is 1. The Balaban J connectivity index is 1.14. The molecule has 0 bridgehead atoms. The van der Waals surface area contributed by atoms with E-state index in [1.165, 1.54) is 22.3 Å². The summed E-state index contributed by atoms with van der Waals surface area (Å²) in [6.45, 7) is 0. The largest absolute Gasteiger partial charge is 0.455 e. The SMILES string of the molecule is c1ccc(-c2cccc(N(c3ccc(-c4nc5ccccc5c5c4ccc4c6ccccc6oc45)cc3)c3cccc(-c4ccccc4)c3)c2)cc1. The number of fused-ring (bicyclic) bond motifs is 7. The maximum Gasteiger partial charge on any atom is 0.144 e. The van der Waals surface area contributed by atoms with E-state index in [1.807, 2.05) is 12.1 Å². The summed E-state index contributed by atoms with van der Waals surface area (Å²) in [7, 11) is 0. The highest BCUT2D eigenvalue weighted by Gasteiger charge is 2.19. The summed E-state index contributed by atoms with van der Waals surface area (Å²) >= 11 is 0. The molecule has 10 aromatic rings. The van der Waals surface area contributed by atoms with Gasteiger partial charge in [0.25, 0.3) is 0 Å². The summed E-state index contributed by atoms with van der Waals surface area (Å²) in [5, 5.41) is 5.49. The second-order valence-electron chi connectivity index (χ2n) is 13.2. The molecule has 3 heteroatoms. The van der Waals surface area contributed by atoms with Gasteiger partial charge in [-0.3, -0.25) is 0 Å². The average molecular weight is 665 g/mol. The van der Waals surface area contributed by atoms with Crippen LogP contribution in [0.1, 0.15) is 0 Å². The Morgan fingerprint density at radius 3 is 1.60 bits per heavy atom. The smallest absolute Gasteiger partial charge is 0.144 e. The number of benzene rings is 8. The van der Waals surface area contributed by atoms with E-state index in [-0.39, 0.29) is 0 Å². The van der Waals surface area contributed by atoms with Crippen LogP contribution in [0.15, 0.2) is 199 Å². The van der Waals surface area contributed by atoms with Crippen molar-refractivity contribution in [1.82, 2.24) is 4.98 Å². The van der Waals surface area contributed by atoms with Crippen molar-refractivity contribution in [2.24, 2.45) is 0 Å². The van der Waals surface area contributed by atoms with Gasteiger partial charge in [0.2, 0.25) is 0 Å². The van der Waals surface area contributed by atoms with Gasteiger partial charge in [-0.2, -0.15) is 0 Å². The predicted molar refractivity (Wildman–Crippen MR) is 218 cm³/mol. The van der Waals surface area contributed by atoms with Crippen molar-refractivity contribution < 1.29 is 4.42 Å². The molecular weight excluding hydrogens is 633 g/mol. The van der Waals surface area contributed by atoms with Crippen molar-refractivity contribution >= 4 is 60.7 Å². The molecule has 0 aliphatic rings. The summed E-state index contributed by atoms with van der Waals surface area (Å²) in [6.07, 6.45) is 0. The highest BCUT2D eigenvalue weighted by atomic mass is 16.3. The van der Waals surface area contributed by atoms with E-state index >= 15 is 0 Å². The summed E-state index contributed by atoms with van der Waals surface area (Å²) in [5.41, 5.74) is 12.7. The van der Waals surface area contributed by atoms with E-state index < -0.39 is 0 Å². The summed E-state index contributed by atoms with van der Waals surface area (Å²) in [5.74, 6) is 0. The van der Waals surface area contributed by atoms with Crippen molar-refractivity contribution in [3.63, 3.8) is 0 Å². The molecule has 0 saturated heterocycles. The maximum atomic E-state index is 6.56. The molecule has 3 nitrogen and oxygen atoms in total. The van der Waals surface area contributed by atoms with Crippen LogP contribution < -0.4 is 4.90 Å². The maximum absolute atomic E-state index is 6.56. The van der Waals surface area contributed by atoms with Crippen molar-refractivity contribution in [2.75, 3.05) is 4.90 Å². The highest BCUT2D eigenvalue weighted by molar-refractivity contribution is 6.24. The Morgan fingerprint density at radius 1 is 0.365 bits per heavy atom. The van der Waals surface area contributed by atoms with Crippen LogP contribution in [-0.4, -0.2) is 4.98 Å². The monoisotopic (exact) mass is 664 g/mol. The first-order valence-electron chi connectivity index (χ1n) is 17.6. The lowest BCUT2D eigenvalue weighted by molar-refractivity contribution is 0.673. The molecular formula is C49H32N2O. The van der Waals surface area contributed by atoms with E-state index in [9.17, 15) is 0 Å². The second kappa shape index (κ2) is 12.4. The first kappa shape index (κ1) is 29.9. The lowest BCUT2D eigenvalue weighted by Crippen LogP contribution is -2.10. The van der Waals surface area contributed by atoms with Crippen LogP contribution in [0.5, 0.6) is 0 Å². The Bertz CT molecular complexity index is 2810. The molecule has 2 aromatic heterocycles. The van der Waals surface area contributed by atoms with Crippen LogP contribution >= 0.6 is 0 Å². The number of anilines is 3. The molecule has 244 valence electrons. The van der Waals surface area contributed by atoms with Gasteiger partial charge in [0.05, 0.1) is 11.2 Å². The molecule has 0 aliphatic carbocycles. The minimum atomic E-state index is 0.893. The van der Waals surface area contributed by atoms with Gasteiger partial charge in [0.15, 0.2) is 0 Å². The molecule has 0 atom stereocenters. The summed E-state index contributed by atoms with van der Waals surface area (Å²) < 4.78 is 6.56. The molecule has 10 rings (SSSR count). The first-order valence-corrected chi connectivity index (χ1v) is 17.6. The van der Waals surface area contributed by atoms with Crippen LogP contribution in [0.4, 0.5) is 17.1 Å². The Hall–Kier alpha value is -6.97. The Morgan fingerprint density at radius 2 is 0.923 bits per heavy atom. The van der Waals surface area contributed by atoms with E-state index in [4.69, 9.17) is 9.40 Å². The van der Waals surface area contributed by atoms with Gasteiger partial charge in [-0.25, -0.2) is 4.98 Å². The van der Waals surface area contributed by atoms with Crippen LogP contribution in [0.3, 0.4) is 0 Å². The molecule has 8 aromatic carbocycles. The molecule has 0 aliphatic heterocycles. The van der Waals surface area contributed by atoms with Crippen molar-refractivity contribution in [3.05, 3.63) is 194 Å². The third kappa shape index (κ3) is 5.10. The normalized spacial score (nSPS) is 11.5. The van der Waals surface area contributed by atoms with Gasteiger partial charge >= 0.3 is 0 Å². The van der Waals surface area contributed by atoms with Gasteiger partial charge in [-0.05, 0) is 76.9 Å². The second-order valence-corrected chi connectivity index (χ2v) is 13.2. The number of hydrogen-bond donors (Lipinski definition) is 0. The molecule has 0 amide bonds. The molecule has 2 heterocycles. The fourth-order valence-corrected chi connectivity index (χ4v) is 7.56. The molecule has 0 N–H and O–H groups in total. The summed E-state index contributed by atoms with van der Waals surface area (Å²) in [4.78, 5) is 7.60. The van der Waals surface area contributed by atoms with E-state index in [2.05, 4.69) is 187 Å². The first-order chi connectivity index (χ1) is 25.8. The lowest BCUT2D eigenvalue weighted by atomic mass is 9.97. The quantitative estimate of drug-likeness (QED) is 0.166. The van der Waals surface area contributed by atoms with Gasteiger partial charge < -0.3 is 9.32 Å². The number of nitrogens with zero attached hydrogens (tertiary/aromatic N) is 2. The van der Waals surface area contributed by atoms with Crippen LogP contribution in [0.2, 0.25) is 0 Å². The van der Waals surface area contributed by atoms with E-state index in [1.54, 1.807) is 0 Å². The van der Waals surface area contributed by atoms with Crippen molar-refractivity contribution in [2.45, 2.75) is 0 Å². The topological polar surface area (TPSA) is 29.3 Å². The number of para-hydroxylation sites is 2. The molecule has 0 radical (unpaired) electrons. The molecule has 52 heavy (non-hydrogen) atoms. The molecule has 0 saturated carbocycles. The zero-order valence-electron chi connectivity index (χ0n) is 28.3. The lowest BCUT2D eigenvalue weighted by Gasteiger charge is -2.27. The number of hydrogen-bond acceptors (Lipinski definition) is 3. The van der Waals surface area contributed by atoms with Gasteiger partial charge in [-0.1, -0.05) is 140 Å². The fourth-order valence-electron chi connectivity index (χ4n) is 7.56. The van der Waals surface area contributed by atoms with Gasteiger partial charge in [0.1, 0.15) is 11.2 Å². The number of rotatable bonds is 6. The third-order valence-electron chi connectivity index (χ3n) is 10.0. The van der Waals surface area contributed by atoms with E-state index in [0.717, 1.165) is 71.9 Å². The average Bonchev–Trinajstić information content (AvgIpc) is 3.61. The Labute approximate surface area is 301 Å². The molecule has 0 spiro atoms. The predicted octanol–water partition coefficient (Wildman–Crippen LogP) is 13.8. The zero-order chi connectivity index (χ0) is 34.4. The van der Waals surface area contributed by atoms with Crippen LogP contribution in [0, 0.1) is 0 Å². The minimum Gasteiger partial charge on any atom is -0.455 e. The highest BCUT2D eigenvalue weighted by Crippen LogP contribution is 2.42. The van der Waals surface area contributed by atoms with Crippen molar-refractivity contribution in [3.8, 4) is 33.5 Å². The van der Waals surface area contributed by atoms with E-state index in [0.29, 0.717) is 0 Å². The van der Waals surface area contributed by atoms with Gasteiger partial charge in [-0.15, -0.1) is 0 Å². The van der Waals surface area contributed by atoms with Gasteiger partial charge in [0, 0.05) is 49.6 Å². The molecule has 0 fully saturated rings. The Kier molecular flexibility index (Phi) is 7.14. The third-order valence-corrected chi connectivity index (χ3v) is 10.0. The zero-order valence-corrected chi connectivity index (χ0v) is 28.3. The summed E-state index contributed by atoms with van der Waals surface area (Å²) in [6, 6.07) is 68.5. The number of pyridine rings is 1. The fraction of sp³-hybridized carbons (Fsp3) is 0. The number of furan rings is 1. The van der Waals surface area contributed by atoms with Crippen LogP contribution in [-0.2, 0) is 0 Å². The van der Waals surface area contributed by atoms with Crippen molar-refractivity contribution in [1.29, 1.82) is 0 Å². The standard InChI is InChI=1S/C49H32N2O/c1-3-13-33(14-4-1)36-17-11-19-39(31-36)51(40-20-12-18-37(32-40)34-15-5-2-6-16-34)38-27-25-35(26-28-38)48-44-30-29-42-41-21-8-10-24-46(41)52-49(42)47(44)43-22-7-9-23-45(43)50-48/h1-32H.